The van der Waals surface area contributed by atoms with Gasteiger partial charge in [0.05, 0.1) is 0 Å². The Morgan fingerprint density at radius 1 is 1.07 bits per heavy atom. The van der Waals surface area contributed by atoms with Crippen LogP contribution in [0.25, 0.3) is 5.57 Å². The van der Waals surface area contributed by atoms with Gasteiger partial charge in [-0.25, -0.2) is 0 Å². The molecule has 0 nitrogen and oxygen atoms in total. The van der Waals surface area contributed by atoms with Gasteiger partial charge in [-0.1, -0.05) is 62.4 Å². The van der Waals surface area contributed by atoms with Crippen LogP contribution in [-0.4, -0.2) is 0 Å². The quantitative estimate of drug-likeness (QED) is 0.609. The van der Waals surface area contributed by atoms with Crippen LogP contribution in [-0.2, 0) is 0 Å². The molecule has 14 heavy (non-hydrogen) atoms. The van der Waals surface area contributed by atoms with E-state index in [0.717, 1.165) is 12.8 Å². The van der Waals surface area contributed by atoms with Crippen LogP contribution in [0.2, 0.25) is 0 Å². The van der Waals surface area contributed by atoms with Gasteiger partial charge in [-0.05, 0) is 24.0 Å². The van der Waals surface area contributed by atoms with E-state index in [9.17, 15) is 0 Å². The number of benzene rings is 1. The molecule has 0 aliphatic heterocycles. The van der Waals surface area contributed by atoms with E-state index in [1.165, 1.54) is 11.1 Å². The summed E-state index contributed by atoms with van der Waals surface area (Å²) in [6.07, 6.45) is 8.85. The molecule has 1 rings (SSSR count). The minimum atomic E-state index is 1.08. The molecule has 1 aromatic rings. The summed E-state index contributed by atoms with van der Waals surface area (Å²) in [5.41, 5.74) is 2.63. The average molecular weight is 186 g/mol. The van der Waals surface area contributed by atoms with Gasteiger partial charge in [-0.3, -0.25) is 0 Å². The second-order valence-corrected chi connectivity index (χ2v) is 3.24. The second-order valence-electron chi connectivity index (χ2n) is 3.24. The summed E-state index contributed by atoms with van der Waals surface area (Å²) in [5, 5.41) is 0. The molecule has 0 aromatic heterocycles. The van der Waals surface area contributed by atoms with E-state index in [0.29, 0.717) is 0 Å². The van der Waals surface area contributed by atoms with Crippen molar-refractivity contribution in [2.45, 2.75) is 26.7 Å². The monoisotopic (exact) mass is 186 g/mol. The fourth-order valence-electron chi connectivity index (χ4n) is 1.38. The molecule has 0 saturated heterocycles. The zero-order chi connectivity index (χ0) is 10.2. The predicted molar refractivity (Wildman–Crippen MR) is 64.1 cm³/mol. The smallest absolute Gasteiger partial charge is 0.0187 e. The molecule has 0 atom stereocenters. The summed E-state index contributed by atoms with van der Waals surface area (Å²) >= 11 is 0. The topological polar surface area (TPSA) is 0 Å². The van der Waals surface area contributed by atoms with Crippen molar-refractivity contribution >= 4 is 5.57 Å². The highest BCUT2D eigenvalue weighted by molar-refractivity contribution is 5.73. The van der Waals surface area contributed by atoms with Crippen molar-refractivity contribution in [2.24, 2.45) is 0 Å². The third-order valence-corrected chi connectivity index (χ3v) is 2.06. The number of hydrogen-bond acceptors (Lipinski definition) is 0. The van der Waals surface area contributed by atoms with Gasteiger partial charge in [0.1, 0.15) is 0 Å². The average Bonchev–Trinajstić information content (AvgIpc) is 2.25. The lowest BCUT2D eigenvalue weighted by Crippen LogP contribution is -1.79. The van der Waals surface area contributed by atoms with Crippen molar-refractivity contribution in [3.63, 3.8) is 0 Å². The highest BCUT2D eigenvalue weighted by Gasteiger charge is 1.94. The number of hydrogen-bond donors (Lipinski definition) is 0. The molecule has 0 fully saturated rings. The molecule has 0 heterocycles. The third kappa shape index (κ3) is 3.21. The van der Waals surface area contributed by atoms with Gasteiger partial charge in [0, 0.05) is 0 Å². The van der Waals surface area contributed by atoms with Crippen molar-refractivity contribution in [1.29, 1.82) is 0 Å². The maximum Gasteiger partial charge on any atom is -0.0187 e. The standard InChI is InChI=1S/C14H18/c1-3-5-10-13(9-4-2)14-11-7-6-8-12-14/h5-12H,3-4H2,1-2H3. The summed E-state index contributed by atoms with van der Waals surface area (Å²) in [7, 11) is 0. The van der Waals surface area contributed by atoms with Gasteiger partial charge in [-0.2, -0.15) is 0 Å². The highest BCUT2D eigenvalue weighted by atomic mass is 14.0. The van der Waals surface area contributed by atoms with Crippen LogP contribution >= 0.6 is 0 Å². The molecule has 74 valence electrons. The van der Waals surface area contributed by atoms with Gasteiger partial charge < -0.3 is 0 Å². The molecule has 0 radical (unpaired) electrons. The molecule has 0 bridgehead atoms. The zero-order valence-corrected chi connectivity index (χ0v) is 9.03. The van der Waals surface area contributed by atoms with Crippen molar-refractivity contribution < 1.29 is 0 Å². The van der Waals surface area contributed by atoms with Gasteiger partial charge in [0.15, 0.2) is 0 Å². The lowest BCUT2D eigenvalue weighted by molar-refractivity contribution is 1.21. The van der Waals surface area contributed by atoms with Gasteiger partial charge in [0.2, 0.25) is 0 Å². The SMILES string of the molecule is CCC=CC(=CCC)c1ccccc1. The Morgan fingerprint density at radius 2 is 1.79 bits per heavy atom. The van der Waals surface area contributed by atoms with E-state index >= 15 is 0 Å². The van der Waals surface area contributed by atoms with Crippen molar-refractivity contribution in [3.8, 4) is 0 Å². The summed E-state index contributed by atoms with van der Waals surface area (Å²) in [6, 6.07) is 10.5. The summed E-state index contributed by atoms with van der Waals surface area (Å²) in [6.45, 7) is 4.33. The van der Waals surface area contributed by atoms with Gasteiger partial charge in [-0.15, -0.1) is 0 Å². The lowest BCUT2D eigenvalue weighted by atomic mass is 10.0. The Kier molecular flexibility index (Phi) is 4.77. The molecule has 0 unspecified atom stereocenters. The van der Waals surface area contributed by atoms with Gasteiger partial charge in [0.25, 0.3) is 0 Å². The van der Waals surface area contributed by atoms with Crippen LogP contribution in [0, 0.1) is 0 Å². The fourth-order valence-corrected chi connectivity index (χ4v) is 1.38. The van der Waals surface area contributed by atoms with Gasteiger partial charge >= 0.3 is 0 Å². The molecule has 0 N–H and O–H groups in total. The molecular weight excluding hydrogens is 168 g/mol. The van der Waals surface area contributed by atoms with Crippen LogP contribution in [0.3, 0.4) is 0 Å². The normalized spacial score (nSPS) is 12.3. The van der Waals surface area contributed by atoms with E-state index in [1.54, 1.807) is 0 Å². The van der Waals surface area contributed by atoms with Crippen LogP contribution in [0.1, 0.15) is 32.3 Å². The molecule has 0 heteroatoms. The minimum absolute atomic E-state index is 1.08. The molecule has 0 saturated carbocycles. The van der Waals surface area contributed by atoms with E-state index in [2.05, 4.69) is 62.4 Å². The number of rotatable bonds is 4. The molecule has 0 aliphatic rings. The van der Waals surface area contributed by atoms with Crippen LogP contribution in [0.4, 0.5) is 0 Å². The van der Waals surface area contributed by atoms with E-state index in [-0.39, 0.29) is 0 Å². The molecular formula is C14H18. The van der Waals surface area contributed by atoms with E-state index in [4.69, 9.17) is 0 Å². The summed E-state index contributed by atoms with van der Waals surface area (Å²) in [5.74, 6) is 0. The largest absolute Gasteiger partial charge is 0.0842 e. The Labute approximate surface area is 87.0 Å². The lowest BCUT2D eigenvalue weighted by Gasteiger charge is -2.01. The maximum absolute atomic E-state index is 2.27. The first-order chi connectivity index (χ1) is 6.88. The van der Waals surface area contributed by atoms with Crippen molar-refractivity contribution in [3.05, 3.63) is 54.1 Å². The first-order valence-corrected chi connectivity index (χ1v) is 5.30. The summed E-state index contributed by atoms with van der Waals surface area (Å²) in [4.78, 5) is 0. The molecule has 0 aliphatic carbocycles. The first kappa shape index (κ1) is 10.8. The van der Waals surface area contributed by atoms with Crippen LogP contribution in [0.15, 0.2) is 48.6 Å². The fraction of sp³-hybridized carbons (Fsp3) is 0.286. The Balaban J connectivity index is 2.90. The second kappa shape index (κ2) is 6.20. The van der Waals surface area contributed by atoms with Crippen molar-refractivity contribution in [1.82, 2.24) is 0 Å². The van der Waals surface area contributed by atoms with Crippen LogP contribution < -0.4 is 0 Å². The van der Waals surface area contributed by atoms with E-state index < -0.39 is 0 Å². The predicted octanol–water partition coefficient (Wildman–Crippen LogP) is 4.45. The number of allylic oxidation sites excluding steroid dienone is 4. The molecule has 0 spiro atoms. The van der Waals surface area contributed by atoms with E-state index in [1.807, 2.05) is 0 Å². The highest BCUT2D eigenvalue weighted by Crippen LogP contribution is 2.16. The third-order valence-electron chi connectivity index (χ3n) is 2.06. The summed E-state index contributed by atoms with van der Waals surface area (Å²) < 4.78 is 0. The first-order valence-electron chi connectivity index (χ1n) is 5.30. The maximum atomic E-state index is 2.27. The zero-order valence-electron chi connectivity index (χ0n) is 9.03. The molecule has 0 amide bonds. The van der Waals surface area contributed by atoms with Crippen LogP contribution in [0.5, 0.6) is 0 Å². The van der Waals surface area contributed by atoms with Crippen molar-refractivity contribution in [2.75, 3.05) is 0 Å². The minimum Gasteiger partial charge on any atom is -0.0842 e. The Bertz CT molecular complexity index is 304. The Hall–Kier alpha value is -1.30. The molecule has 1 aromatic carbocycles. The Morgan fingerprint density at radius 3 is 2.36 bits per heavy atom.